The van der Waals surface area contributed by atoms with Crippen LogP contribution in [0.4, 0.5) is 0 Å². The van der Waals surface area contributed by atoms with Gasteiger partial charge in [0, 0.05) is 12.0 Å². The molecule has 2 aromatic carbocycles. The number of benzene rings is 2. The zero-order valence-corrected chi connectivity index (χ0v) is 12.3. The third-order valence-corrected chi connectivity index (χ3v) is 4.02. The number of fused-ring (bicyclic) bond motifs is 1. The molecule has 0 radical (unpaired) electrons. The van der Waals surface area contributed by atoms with E-state index in [0.717, 1.165) is 24.2 Å². The van der Waals surface area contributed by atoms with Crippen LogP contribution < -0.4 is 4.74 Å². The number of ketones is 1. The predicted octanol–water partition coefficient (Wildman–Crippen LogP) is 4.39. The first-order chi connectivity index (χ1) is 10.3. The highest BCUT2D eigenvalue weighted by Crippen LogP contribution is 2.38. The molecule has 0 aromatic heterocycles. The van der Waals surface area contributed by atoms with Crippen LogP contribution in [-0.2, 0) is 6.42 Å². The molecule has 2 heteroatoms. The molecule has 2 aromatic rings. The molecule has 3 rings (SSSR count). The van der Waals surface area contributed by atoms with Crippen LogP contribution in [0.25, 0.3) is 0 Å². The summed E-state index contributed by atoms with van der Waals surface area (Å²) in [6, 6.07) is 15.9. The van der Waals surface area contributed by atoms with Crippen molar-refractivity contribution in [1.29, 1.82) is 0 Å². The summed E-state index contributed by atoms with van der Waals surface area (Å²) >= 11 is 0. The van der Waals surface area contributed by atoms with E-state index in [1.54, 1.807) is 0 Å². The van der Waals surface area contributed by atoms with E-state index in [1.807, 2.05) is 24.3 Å². The van der Waals surface area contributed by atoms with Crippen molar-refractivity contribution in [2.24, 2.45) is 0 Å². The summed E-state index contributed by atoms with van der Waals surface area (Å²) in [4.78, 5) is 12.4. The summed E-state index contributed by atoms with van der Waals surface area (Å²) in [5.41, 5.74) is 3.48. The molecule has 2 nitrogen and oxygen atoms in total. The molecule has 0 saturated heterocycles. The molecule has 0 spiro atoms. The highest BCUT2D eigenvalue weighted by molar-refractivity contribution is 5.97. The van der Waals surface area contributed by atoms with Crippen LogP contribution in [0.5, 0.6) is 5.75 Å². The maximum absolute atomic E-state index is 12.4. The summed E-state index contributed by atoms with van der Waals surface area (Å²) < 4.78 is 5.60. The molecule has 0 fully saturated rings. The fraction of sp³-hybridized carbons (Fsp3) is 0.316. The maximum atomic E-state index is 12.4. The molecule has 21 heavy (non-hydrogen) atoms. The standard InChI is InChI=1S/C19H20O2/c1-2-10-21-17-8-5-7-15(12-17)19(20)13-16-11-14-6-3-4-9-18(14)16/h3-9,12,16H,2,10-11,13H2,1H3. The quantitative estimate of drug-likeness (QED) is 0.734. The number of hydrogen-bond acceptors (Lipinski definition) is 2. The summed E-state index contributed by atoms with van der Waals surface area (Å²) in [7, 11) is 0. The Balaban J connectivity index is 1.66. The lowest BCUT2D eigenvalue weighted by Crippen LogP contribution is -2.20. The van der Waals surface area contributed by atoms with Gasteiger partial charge >= 0.3 is 0 Å². The Labute approximate surface area is 125 Å². The van der Waals surface area contributed by atoms with E-state index < -0.39 is 0 Å². The van der Waals surface area contributed by atoms with Crippen LogP contribution in [0.2, 0.25) is 0 Å². The van der Waals surface area contributed by atoms with Crippen molar-refractivity contribution in [2.75, 3.05) is 6.61 Å². The molecule has 0 aliphatic heterocycles. The van der Waals surface area contributed by atoms with Crippen molar-refractivity contribution in [1.82, 2.24) is 0 Å². The molecule has 0 saturated carbocycles. The van der Waals surface area contributed by atoms with Gasteiger partial charge in [0.2, 0.25) is 0 Å². The summed E-state index contributed by atoms with van der Waals surface area (Å²) in [5, 5.41) is 0. The molecular formula is C19H20O2. The Morgan fingerprint density at radius 3 is 2.86 bits per heavy atom. The van der Waals surface area contributed by atoms with E-state index in [-0.39, 0.29) is 5.78 Å². The number of carbonyl (C=O) groups is 1. The SMILES string of the molecule is CCCOc1cccc(C(=O)CC2Cc3ccccc32)c1. The first-order valence-corrected chi connectivity index (χ1v) is 7.62. The fourth-order valence-corrected chi connectivity index (χ4v) is 2.87. The van der Waals surface area contributed by atoms with Gasteiger partial charge in [-0.15, -0.1) is 0 Å². The van der Waals surface area contributed by atoms with Crippen LogP contribution in [0, 0.1) is 0 Å². The Kier molecular flexibility index (Phi) is 4.05. The van der Waals surface area contributed by atoms with Gasteiger partial charge in [-0.2, -0.15) is 0 Å². The summed E-state index contributed by atoms with van der Waals surface area (Å²) in [6.07, 6.45) is 2.58. The lowest BCUT2D eigenvalue weighted by atomic mass is 9.74. The van der Waals surface area contributed by atoms with Crippen LogP contribution in [0.15, 0.2) is 48.5 Å². The molecule has 0 bridgehead atoms. The lowest BCUT2D eigenvalue weighted by molar-refractivity contribution is 0.0970. The zero-order valence-electron chi connectivity index (χ0n) is 12.3. The average molecular weight is 280 g/mol. The van der Waals surface area contributed by atoms with E-state index >= 15 is 0 Å². The van der Waals surface area contributed by atoms with Crippen molar-refractivity contribution >= 4 is 5.78 Å². The van der Waals surface area contributed by atoms with Gasteiger partial charge in [-0.25, -0.2) is 0 Å². The van der Waals surface area contributed by atoms with Crippen molar-refractivity contribution in [2.45, 2.75) is 32.1 Å². The normalized spacial score (nSPS) is 16.0. The predicted molar refractivity (Wildman–Crippen MR) is 84.1 cm³/mol. The Bertz CT molecular complexity index is 646. The first kappa shape index (κ1) is 13.9. The monoisotopic (exact) mass is 280 g/mol. The van der Waals surface area contributed by atoms with Crippen LogP contribution >= 0.6 is 0 Å². The molecule has 1 aliphatic carbocycles. The fourth-order valence-electron chi connectivity index (χ4n) is 2.87. The lowest BCUT2D eigenvalue weighted by Gasteiger charge is -2.29. The van der Waals surface area contributed by atoms with Gasteiger partial charge in [0.1, 0.15) is 5.75 Å². The van der Waals surface area contributed by atoms with Crippen molar-refractivity contribution in [3.05, 3.63) is 65.2 Å². The highest BCUT2D eigenvalue weighted by atomic mass is 16.5. The second-order valence-electron chi connectivity index (χ2n) is 5.60. The van der Waals surface area contributed by atoms with Crippen LogP contribution in [0.3, 0.4) is 0 Å². The van der Waals surface area contributed by atoms with Crippen molar-refractivity contribution < 1.29 is 9.53 Å². The van der Waals surface area contributed by atoms with Gasteiger partial charge in [-0.05, 0) is 42.0 Å². The van der Waals surface area contributed by atoms with Gasteiger partial charge in [0.25, 0.3) is 0 Å². The molecular weight excluding hydrogens is 260 g/mol. The average Bonchev–Trinajstić information content (AvgIpc) is 2.50. The number of rotatable bonds is 6. The Morgan fingerprint density at radius 1 is 1.19 bits per heavy atom. The van der Waals surface area contributed by atoms with Crippen molar-refractivity contribution in [3.63, 3.8) is 0 Å². The molecule has 1 aliphatic rings. The summed E-state index contributed by atoms with van der Waals surface area (Å²) in [6.45, 7) is 2.76. The maximum Gasteiger partial charge on any atom is 0.163 e. The smallest absolute Gasteiger partial charge is 0.163 e. The van der Waals surface area contributed by atoms with Gasteiger partial charge in [-0.3, -0.25) is 4.79 Å². The second-order valence-corrected chi connectivity index (χ2v) is 5.60. The van der Waals surface area contributed by atoms with E-state index in [4.69, 9.17) is 4.74 Å². The minimum absolute atomic E-state index is 0.205. The second kappa shape index (κ2) is 6.13. The number of Topliss-reactive ketones (excluding diaryl/α,β-unsaturated/α-hetero) is 1. The van der Waals surface area contributed by atoms with Crippen molar-refractivity contribution in [3.8, 4) is 5.75 Å². The molecule has 0 heterocycles. The van der Waals surface area contributed by atoms with E-state index in [1.165, 1.54) is 11.1 Å². The third-order valence-electron chi connectivity index (χ3n) is 4.02. The highest BCUT2D eigenvalue weighted by Gasteiger charge is 2.27. The largest absolute Gasteiger partial charge is 0.494 e. The molecule has 0 amide bonds. The Hall–Kier alpha value is -2.09. The van der Waals surface area contributed by atoms with E-state index in [0.29, 0.717) is 18.9 Å². The first-order valence-electron chi connectivity index (χ1n) is 7.62. The van der Waals surface area contributed by atoms with Gasteiger partial charge in [-0.1, -0.05) is 43.3 Å². The minimum atomic E-state index is 0.205. The van der Waals surface area contributed by atoms with Gasteiger partial charge < -0.3 is 4.74 Å². The summed E-state index contributed by atoms with van der Waals surface area (Å²) in [5.74, 6) is 1.38. The number of ether oxygens (including phenoxy) is 1. The minimum Gasteiger partial charge on any atom is -0.494 e. The molecule has 108 valence electrons. The molecule has 1 unspecified atom stereocenters. The van der Waals surface area contributed by atoms with E-state index in [2.05, 4.69) is 31.2 Å². The van der Waals surface area contributed by atoms with Crippen LogP contribution in [-0.4, -0.2) is 12.4 Å². The molecule has 0 N–H and O–H groups in total. The van der Waals surface area contributed by atoms with Crippen LogP contribution in [0.1, 0.15) is 47.2 Å². The topological polar surface area (TPSA) is 26.3 Å². The molecule has 1 atom stereocenters. The number of hydrogen-bond donors (Lipinski definition) is 0. The van der Waals surface area contributed by atoms with Gasteiger partial charge in [0.15, 0.2) is 5.78 Å². The Morgan fingerprint density at radius 2 is 2.05 bits per heavy atom. The van der Waals surface area contributed by atoms with E-state index in [9.17, 15) is 4.79 Å². The number of carbonyl (C=O) groups excluding carboxylic acids is 1. The zero-order chi connectivity index (χ0) is 14.7. The third kappa shape index (κ3) is 2.99. The van der Waals surface area contributed by atoms with Gasteiger partial charge in [0.05, 0.1) is 6.61 Å².